The van der Waals surface area contributed by atoms with E-state index in [1.54, 1.807) is 7.11 Å². The predicted molar refractivity (Wildman–Crippen MR) is 222 cm³/mol. The van der Waals surface area contributed by atoms with Crippen LogP contribution in [-0.4, -0.2) is 66.8 Å². The van der Waals surface area contributed by atoms with Gasteiger partial charge in [-0.2, -0.15) is 4.31 Å². The predicted octanol–water partition coefficient (Wildman–Crippen LogP) is 9.48. The fourth-order valence-corrected chi connectivity index (χ4v) is 13.6. The van der Waals surface area contributed by atoms with E-state index in [0.29, 0.717) is 18.6 Å². The SMILES string of the molecule is COc1ccc(CN(C(=O)OCc2ccccc2)[C@@H](Cc2ccccc2)C(=O)O[C@@H]2C[C@H]3CC[C@]2(CS(=O)(=O)N(C2CCCCC2)C2CCCCC2)C3(C)C)cc1. The number of hydrogen-bond donors (Lipinski definition) is 0. The van der Waals surface area contributed by atoms with Gasteiger partial charge in [-0.25, -0.2) is 18.0 Å². The number of benzene rings is 3. The third kappa shape index (κ3) is 9.07. The fourth-order valence-electron chi connectivity index (χ4n) is 10.7. The smallest absolute Gasteiger partial charge is 0.411 e. The number of hydrogen-bond acceptors (Lipinski definition) is 7. The van der Waals surface area contributed by atoms with Crippen LogP contribution in [0, 0.1) is 16.7 Å². The molecule has 2 bridgehead atoms. The van der Waals surface area contributed by atoms with Gasteiger partial charge in [-0.05, 0) is 85.1 Å². The molecule has 4 aliphatic rings. The summed E-state index contributed by atoms with van der Waals surface area (Å²) < 4.78 is 50.2. The summed E-state index contributed by atoms with van der Waals surface area (Å²) in [4.78, 5) is 30.7. The molecular formula is C47H62N2O7S. The van der Waals surface area contributed by atoms with E-state index in [9.17, 15) is 9.59 Å². The third-order valence-corrected chi connectivity index (χ3v) is 16.2. The van der Waals surface area contributed by atoms with Gasteiger partial charge < -0.3 is 14.2 Å². The second kappa shape index (κ2) is 17.9. The number of carbonyl (C=O) groups is 2. The van der Waals surface area contributed by atoms with Crippen molar-refractivity contribution in [1.29, 1.82) is 0 Å². The van der Waals surface area contributed by atoms with E-state index < -0.39 is 39.6 Å². The second-order valence-corrected chi connectivity index (χ2v) is 19.5. The van der Waals surface area contributed by atoms with Gasteiger partial charge in [-0.1, -0.05) is 125 Å². The van der Waals surface area contributed by atoms with Gasteiger partial charge in [0.1, 0.15) is 24.5 Å². The Morgan fingerprint density at radius 1 is 0.754 bits per heavy atom. The number of methoxy groups -OCH3 is 1. The Labute approximate surface area is 340 Å². The van der Waals surface area contributed by atoms with Crippen LogP contribution in [0.15, 0.2) is 84.9 Å². The van der Waals surface area contributed by atoms with Crippen LogP contribution < -0.4 is 4.74 Å². The average molecular weight is 799 g/mol. The van der Waals surface area contributed by atoms with Crippen LogP contribution in [0.25, 0.3) is 0 Å². The summed E-state index contributed by atoms with van der Waals surface area (Å²) in [6.45, 7) is 4.53. The Morgan fingerprint density at radius 2 is 1.33 bits per heavy atom. The minimum atomic E-state index is -3.72. The highest BCUT2D eigenvalue weighted by Gasteiger charge is 2.67. The van der Waals surface area contributed by atoms with E-state index in [-0.39, 0.29) is 48.7 Å². The molecule has 0 aliphatic heterocycles. The highest BCUT2D eigenvalue weighted by molar-refractivity contribution is 7.89. The van der Waals surface area contributed by atoms with Crippen molar-refractivity contribution in [2.24, 2.45) is 16.7 Å². The van der Waals surface area contributed by atoms with Crippen molar-refractivity contribution in [2.75, 3.05) is 12.9 Å². The van der Waals surface area contributed by atoms with Gasteiger partial charge in [-0.15, -0.1) is 0 Å². The molecule has 10 heteroatoms. The van der Waals surface area contributed by atoms with Gasteiger partial charge in [0, 0.05) is 30.5 Å². The van der Waals surface area contributed by atoms with Gasteiger partial charge in [0.05, 0.1) is 12.9 Å². The van der Waals surface area contributed by atoms with E-state index >= 15 is 8.42 Å². The number of fused-ring (bicyclic) bond motifs is 2. The van der Waals surface area contributed by atoms with Crippen LogP contribution in [0.5, 0.6) is 5.75 Å². The van der Waals surface area contributed by atoms with Crippen LogP contribution in [0.2, 0.25) is 0 Å². The van der Waals surface area contributed by atoms with Crippen molar-refractivity contribution in [3.8, 4) is 5.75 Å². The molecule has 0 spiro atoms. The van der Waals surface area contributed by atoms with Crippen LogP contribution >= 0.6 is 0 Å². The van der Waals surface area contributed by atoms with Crippen molar-refractivity contribution in [2.45, 2.75) is 141 Å². The molecule has 1 amide bonds. The van der Waals surface area contributed by atoms with E-state index in [1.165, 1.54) is 4.90 Å². The number of ether oxygens (including phenoxy) is 3. The first-order chi connectivity index (χ1) is 27.5. The lowest BCUT2D eigenvalue weighted by Gasteiger charge is -2.46. The van der Waals surface area contributed by atoms with Crippen LogP contribution in [0.4, 0.5) is 4.79 Å². The first kappa shape index (κ1) is 41.3. The highest BCUT2D eigenvalue weighted by atomic mass is 32.2. The molecule has 0 saturated heterocycles. The van der Waals surface area contributed by atoms with Crippen LogP contribution in [0.3, 0.4) is 0 Å². The van der Waals surface area contributed by atoms with Gasteiger partial charge in [0.15, 0.2) is 0 Å². The molecule has 0 unspecified atom stereocenters. The number of nitrogens with zero attached hydrogens (tertiary/aromatic N) is 2. The van der Waals surface area contributed by atoms with Crippen LogP contribution in [0.1, 0.15) is 114 Å². The molecule has 9 nitrogen and oxygen atoms in total. The van der Waals surface area contributed by atoms with E-state index in [1.807, 2.05) is 89.2 Å². The van der Waals surface area contributed by atoms with Crippen molar-refractivity contribution in [3.05, 3.63) is 102 Å². The number of amides is 1. The maximum Gasteiger partial charge on any atom is 0.411 e. The number of esters is 1. The van der Waals surface area contributed by atoms with Gasteiger partial charge in [0.25, 0.3) is 0 Å². The zero-order chi connectivity index (χ0) is 40.0. The maximum atomic E-state index is 15.1. The summed E-state index contributed by atoms with van der Waals surface area (Å²) in [5.74, 6) is 0.349. The van der Waals surface area contributed by atoms with Crippen molar-refractivity contribution in [3.63, 3.8) is 0 Å². The summed E-state index contributed by atoms with van der Waals surface area (Å²) in [6.07, 6.45) is 11.4. The van der Waals surface area contributed by atoms with Crippen LogP contribution in [-0.2, 0) is 43.9 Å². The minimum absolute atomic E-state index is 0.0214. The Balaban J connectivity index is 1.20. The van der Waals surface area contributed by atoms with Crippen molar-refractivity contribution in [1.82, 2.24) is 9.21 Å². The molecule has 0 aromatic heterocycles. The second-order valence-electron chi connectivity index (χ2n) is 17.7. The van der Waals surface area contributed by atoms with Crippen molar-refractivity contribution >= 4 is 22.1 Å². The molecule has 4 atom stereocenters. The number of sulfonamides is 1. The highest BCUT2D eigenvalue weighted by Crippen LogP contribution is 2.67. The molecular weight excluding hydrogens is 737 g/mol. The number of rotatable bonds is 15. The Kier molecular flexibility index (Phi) is 13.0. The Bertz CT molecular complexity index is 1870. The lowest BCUT2D eigenvalue weighted by molar-refractivity contribution is -0.162. The van der Waals surface area contributed by atoms with Gasteiger partial charge in [-0.3, -0.25) is 4.90 Å². The van der Waals surface area contributed by atoms with Gasteiger partial charge in [0.2, 0.25) is 10.0 Å². The molecule has 4 aliphatic carbocycles. The molecule has 0 N–H and O–H groups in total. The average Bonchev–Trinajstić information content (AvgIpc) is 3.58. The molecule has 4 fully saturated rings. The third-order valence-electron chi connectivity index (χ3n) is 14.1. The molecule has 308 valence electrons. The largest absolute Gasteiger partial charge is 0.497 e. The Morgan fingerprint density at radius 3 is 1.89 bits per heavy atom. The summed E-state index contributed by atoms with van der Waals surface area (Å²) in [6, 6.07) is 25.6. The molecule has 3 aromatic carbocycles. The minimum Gasteiger partial charge on any atom is -0.497 e. The maximum absolute atomic E-state index is 15.1. The lowest BCUT2D eigenvalue weighted by atomic mass is 9.69. The normalized spacial score (nSPS) is 24.2. The lowest BCUT2D eigenvalue weighted by Crippen LogP contribution is -2.55. The zero-order valence-electron chi connectivity index (χ0n) is 34.2. The zero-order valence-corrected chi connectivity index (χ0v) is 35.0. The monoisotopic (exact) mass is 798 g/mol. The molecule has 4 saturated carbocycles. The summed E-state index contributed by atoms with van der Waals surface area (Å²) >= 11 is 0. The van der Waals surface area contributed by atoms with E-state index in [4.69, 9.17) is 14.2 Å². The molecule has 3 aromatic rings. The topological polar surface area (TPSA) is 102 Å². The van der Waals surface area contributed by atoms with Gasteiger partial charge >= 0.3 is 12.1 Å². The first-order valence-electron chi connectivity index (χ1n) is 21.4. The van der Waals surface area contributed by atoms with E-state index in [0.717, 1.165) is 87.3 Å². The summed E-state index contributed by atoms with van der Waals surface area (Å²) in [5.41, 5.74) is 1.39. The summed E-state index contributed by atoms with van der Waals surface area (Å²) in [7, 11) is -2.12. The first-order valence-corrected chi connectivity index (χ1v) is 23.0. The Hall–Kier alpha value is -3.89. The molecule has 57 heavy (non-hydrogen) atoms. The summed E-state index contributed by atoms with van der Waals surface area (Å²) in [5, 5.41) is 0. The standard InChI is InChI=1S/C47H62N2O7S/c1-46(2)38-28-29-47(46,34-57(52,53)49(39-20-12-6-13-21-39)40-22-14-7-15-23-40)43(31-38)56-44(50)42(30-35-16-8-4-9-17-35)48(32-36-24-26-41(54-3)27-25-36)45(51)55-33-37-18-10-5-11-19-37/h4-5,8-11,16-19,24-27,38-40,42-43H,6-7,12-15,20-23,28-34H2,1-3H3/t38-,42+,43-,47-/m1/s1. The quantitative estimate of drug-likeness (QED) is 0.141. The van der Waals surface area contributed by atoms with Crippen molar-refractivity contribution < 1.29 is 32.2 Å². The van der Waals surface area contributed by atoms with E-state index in [2.05, 4.69) is 13.8 Å². The fraction of sp³-hybridized carbons (Fsp3) is 0.574. The number of carbonyl (C=O) groups excluding carboxylic acids is 2. The molecule has 0 radical (unpaired) electrons. The molecule has 7 rings (SSSR count). The molecule has 0 heterocycles.